The Bertz CT molecular complexity index is 806. The Kier molecular flexibility index (Phi) is 7.06. The number of carbonyl (C=O) groups excluding carboxylic acids is 1. The first-order valence-electron chi connectivity index (χ1n) is 10.0. The number of amides is 1. The number of rotatable bonds is 8. The molecule has 0 aliphatic carbocycles. The van der Waals surface area contributed by atoms with E-state index in [0.29, 0.717) is 25.3 Å². The third-order valence-corrected chi connectivity index (χ3v) is 5.36. The number of aryl methyl sites for hydroxylation is 1. The van der Waals surface area contributed by atoms with Crippen LogP contribution in [0.2, 0.25) is 0 Å². The van der Waals surface area contributed by atoms with E-state index in [-0.39, 0.29) is 25.2 Å². The number of benzene rings is 2. The van der Waals surface area contributed by atoms with Crippen molar-refractivity contribution in [1.29, 1.82) is 0 Å². The van der Waals surface area contributed by atoms with Gasteiger partial charge < -0.3 is 20.8 Å². The van der Waals surface area contributed by atoms with Gasteiger partial charge in [0.25, 0.3) is 0 Å². The number of hydrogen-bond donors (Lipinski definition) is 4. The minimum Gasteiger partial charge on any atom is -0.396 e. The smallest absolute Gasteiger partial charge is 0.224 e. The molecule has 0 saturated heterocycles. The number of fused-ring (bicyclic) bond motifs is 1. The van der Waals surface area contributed by atoms with E-state index in [0.717, 1.165) is 24.1 Å². The number of carbonyl (C=O) groups is 1. The molecule has 5 nitrogen and oxygen atoms in total. The molecule has 4 N–H and O–H groups in total. The molecule has 1 aliphatic rings. The lowest BCUT2D eigenvalue weighted by Gasteiger charge is -2.35. The maximum atomic E-state index is 12.0. The van der Waals surface area contributed by atoms with Gasteiger partial charge in [-0.15, -0.1) is 0 Å². The lowest BCUT2D eigenvalue weighted by Crippen LogP contribution is -2.29. The first kappa shape index (κ1) is 20.4. The largest absolute Gasteiger partial charge is 0.396 e. The summed E-state index contributed by atoms with van der Waals surface area (Å²) in [5, 5.41) is 24.9. The van der Waals surface area contributed by atoms with Gasteiger partial charge >= 0.3 is 0 Å². The molecular weight excluding hydrogens is 352 g/mol. The maximum Gasteiger partial charge on any atom is 0.224 e. The SMILES string of the molecule is Cc1cccc([C@H]2Nc3ccc(CC(=O)NCCCO)cc3C[C@@H]2CCO)c1. The minimum atomic E-state index is -0.0262. The zero-order chi connectivity index (χ0) is 19.9. The van der Waals surface area contributed by atoms with Gasteiger partial charge in [-0.3, -0.25) is 4.79 Å². The summed E-state index contributed by atoms with van der Waals surface area (Å²) in [6.45, 7) is 2.84. The van der Waals surface area contributed by atoms with Crippen molar-refractivity contribution >= 4 is 11.6 Å². The summed E-state index contributed by atoms with van der Waals surface area (Å²) < 4.78 is 0. The fourth-order valence-corrected chi connectivity index (χ4v) is 3.96. The predicted octanol–water partition coefficient (Wildman–Crippen LogP) is 2.74. The highest BCUT2D eigenvalue weighted by molar-refractivity contribution is 5.78. The zero-order valence-electron chi connectivity index (χ0n) is 16.4. The van der Waals surface area contributed by atoms with Crippen LogP contribution in [0, 0.1) is 12.8 Å². The third-order valence-electron chi connectivity index (χ3n) is 5.36. The van der Waals surface area contributed by atoms with Gasteiger partial charge in [-0.05, 0) is 54.9 Å². The summed E-state index contributed by atoms with van der Waals surface area (Å²) in [7, 11) is 0. The quantitative estimate of drug-likeness (QED) is 0.529. The summed E-state index contributed by atoms with van der Waals surface area (Å²) in [6, 6.07) is 14.9. The van der Waals surface area contributed by atoms with Gasteiger partial charge in [-0.1, -0.05) is 42.0 Å². The average Bonchev–Trinajstić information content (AvgIpc) is 2.68. The predicted molar refractivity (Wildman–Crippen MR) is 111 cm³/mol. The second kappa shape index (κ2) is 9.71. The van der Waals surface area contributed by atoms with Crippen LogP contribution < -0.4 is 10.6 Å². The molecule has 1 aliphatic heterocycles. The molecule has 0 saturated carbocycles. The van der Waals surface area contributed by atoms with E-state index < -0.39 is 0 Å². The van der Waals surface area contributed by atoms with Gasteiger partial charge in [0.05, 0.1) is 12.5 Å². The van der Waals surface area contributed by atoms with E-state index in [2.05, 4.69) is 54.0 Å². The Morgan fingerprint density at radius 1 is 1.18 bits per heavy atom. The second-order valence-corrected chi connectivity index (χ2v) is 7.61. The van der Waals surface area contributed by atoms with E-state index in [1.54, 1.807) is 0 Å². The standard InChI is InChI=1S/C23H30N2O3/c1-16-4-2-5-18(12-16)23-19(8-11-27)15-20-13-17(6-7-21(20)25-23)14-22(28)24-9-3-10-26/h2,4-7,12-13,19,23,25-27H,3,8-11,14-15H2,1H3,(H,24,28)/t19-,23+/m0/s1. The zero-order valence-corrected chi connectivity index (χ0v) is 16.4. The Morgan fingerprint density at radius 2 is 2.04 bits per heavy atom. The highest BCUT2D eigenvalue weighted by Crippen LogP contribution is 2.39. The van der Waals surface area contributed by atoms with Gasteiger partial charge in [0.1, 0.15) is 0 Å². The minimum absolute atomic E-state index is 0.0262. The maximum absolute atomic E-state index is 12.0. The summed E-state index contributed by atoms with van der Waals surface area (Å²) in [5.74, 6) is 0.273. The fourth-order valence-electron chi connectivity index (χ4n) is 3.96. The topological polar surface area (TPSA) is 81.6 Å². The molecule has 1 heterocycles. The van der Waals surface area contributed by atoms with Gasteiger partial charge in [-0.25, -0.2) is 0 Å². The van der Waals surface area contributed by atoms with Crippen molar-refractivity contribution in [3.05, 3.63) is 64.7 Å². The van der Waals surface area contributed by atoms with E-state index >= 15 is 0 Å². The number of hydrogen-bond acceptors (Lipinski definition) is 4. The Morgan fingerprint density at radius 3 is 2.79 bits per heavy atom. The van der Waals surface area contributed by atoms with E-state index in [9.17, 15) is 9.90 Å². The van der Waals surface area contributed by atoms with E-state index in [1.807, 2.05) is 6.07 Å². The van der Waals surface area contributed by atoms with Crippen LogP contribution in [-0.4, -0.2) is 35.9 Å². The van der Waals surface area contributed by atoms with Gasteiger partial charge in [0, 0.05) is 25.4 Å². The molecule has 5 heteroatoms. The highest BCUT2D eigenvalue weighted by atomic mass is 16.3. The second-order valence-electron chi connectivity index (χ2n) is 7.61. The van der Waals surface area contributed by atoms with Crippen molar-refractivity contribution in [2.75, 3.05) is 25.1 Å². The van der Waals surface area contributed by atoms with Crippen molar-refractivity contribution in [1.82, 2.24) is 5.32 Å². The third kappa shape index (κ3) is 5.12. The normalized spacial score (nSPS) is 18.2. The molecule has 2 aromatic carbocycles. The van der Waals surface area contributed by atoms with Crippen molar-refractivity contribution in [3.63, 3.8) is 0 Å². The molecule has 0 spiro atoms. The lowest BCUT2D eigenvalue weighted by molar-refractivity contribution is -0.120. The molecule has 0 radical (unpaired) electrons. The molecule has 28 heavy (non-hydrogen) atoms. The van der Waals surface area contributed by atoms with Crippen molar-refractivity contribution in [2.45, 2.75) is 38.6 Å². The van der Waals surface area contributed by atoms with Crippen LogP contribution in [0.3, 0.4) is 0 Å². The lowest BCUT2D eigenvalue weighted by atomic mass is 9.81. The molecular formula is C23H30N2O3. The molecule has 2 atom stereocenters. The van der Waals surface area contributed by atoms with Crippen LogP contribution in [0.4, 0.5) is 5.69 Å². The molecule has 150 valence electrons. The van der Waals surface area contributed by atoms with Gasteiger partial charge in [0.15, 0.2) is 0 Å². The number of anilines is 1. The average molecular weight is 383 g/mol. The van der Waals surface area contributed by atoms with Crippen LogP contribution in [0.25, 0.3) is 0 Å². The van der Waals surface area contributed by atoms with Crippen molar-refractivity contribution in [3.8, 4) is 0 Å². The van der Waals surface area contributed by atoms with Crippen molar-refractivity contribution < 1.29 is 15.0 Å². The highest BCUT2D eigenvalue weighted by Gasteiger charge is 2.29. The fraction of sp³-hybridized carbons (Fsp3) is 0.435. The molecule has 0 fully saturated rings. The Hall–Kier alpha value is -2.37. The Balaban J connectivity index is 1.75. The number of nitrogens with one attached hydrogen (secondary N) is 2. The van der Waals surface area contributed by atoms with E-state index in [4.69, 9.17) is 5.11 Å². The summed E-state index contributed by atoms with van der Waals surface area (Å²) in [4.78, 5) is 12.0. The van der Waals surface area contributed by atoms with E-state index in [1.165, 1.54) is 16.7 Å². The molecule has 0 aromatic heterocycles. The van der Waals surface area contributed by atoms with Crippen LogP contribution >= 0.6 is 0 Å². The monoisotopic (exact) mass is 382 g/mol. The van der Waals surface area contributed by atoms with Crippen LogP contribution in [0.5, 0.6) is 0 Å². The summed E-state index contributed by atoms with van der Waals surface area (Å²) in [5.41, 5.74) is 5.76. The van der Waals surface area contributed by atoms with Crippen LogP contribution in [-0.2, 0) is 17.6 Å². The molecule has 3 rings (SSSR count). The number of aliphatic hydroxyl groups excluding tert-OH is 2. The molecule has 1 amide bonds. The first-order chi connectivity index (χ1) is 13.6. The first-order valence-corrected chi connectivity index (χ1v) is 10.0. The van der Waals surface area contributed by atoms with Gasteiger partial charge in [0.2, 0.25) is 5.91 Å². The summed E-state index contributed by atoms with van der Waals surface area (Å²) in [6.07, 6.45) is 2.52. The van der Waals surface area contributed by atoms with Crippen LogP contribution in [0.1, 0.15) is 41.1 Å². The van der Waals surface area contributed by atoms with Crippen LogP contribution in [0.15, 0.2) is 42.5 Å². The molecule has 0 bridgehead atoms. The van der Waals surface area contributed by atoms with Gasteiger partial charge in [-0.2, -0.15) is 0 Å². The Labute approximate surface area is 166 Å². The molecule has 0 unspecified atom stereocenters. The van der Waals surface area contributed by atoms with Crippen molar-refractivity contribution in [2.24, 2.45) is 5.92 Å². The molecule has 2 aromatic rings. The summed E-state index contributed by atoms with van der Waals surface area (Å²) >= 11 is 0. The number of aliphatic hydroxyl groups is 2.